The Morgan fingerprint density at radius 2 is 1.68 bits per heavy atom. The number of aryl methyl sites for hydroxylation is 1. The highest BCUT2D eigenvalue weighted by Gasteiger charge is 2.55. The maximum Gasteiger partial charge on any atom is 0.330 e. The summed E-state index contributed by atoms with van der Waals surface area (Å²) in [5.41, 5.74) is -0.309. The second kappa shape index (κ2) is 13.4. The van der Waals surface area contributed by atoms with Crippen molar-refractivity contribution in [1.29, 1.82) is 0 Å². The number of imidazole rings is 1. The molecule has 3 atom stereocenters. The summed E-state index contributed by atoms with van der Waals surface area (Å²) in [5.74, 6) is -0.0328. The number of hydrogen-bond donors (Lipinski definition) is 2. The number of hydrogen-bond acceptors (Lipinski definition) is 9. The minimum Gasteiger partial charge on any atom is -0.414 e. The van der Waals surface area contributed by atoms with Crippen molar-refractivity contribution < 1.29 is 18.4 Å². The zero-order valence-corrected chi connectivity index (χ0v) is 33.1. The van der Waals surface area contributed by atoms with Crippen molar-refractivity contribution >= 4 is 39.5 Å². The van der Waals surface area contributed by atoms with Crippen LogP contribution in [0.3, 0.4) is 0 Å². The van der Waals surface area contributed by atoms with E-state index in [2.05, 4.69) is 93.0 Å². The molecular weight excluding hydrogens is 671 g/mol. The van der Waals surface area contributed by atoms with E-state index >= 15 is 0 Å². The minimum absolute atomic E-state index is 0.0876. The number of amides is 1. The highest BCUT2D eigenvalue weighted by molar-refractivity contribution is 6.74. The molecule has 2 N–H and O–H groups in total. The van der Waals surface area contributed by atoms with Crippen LogP contribution < -0.4 is 16.6 Å². The molecule has 1 amide bonds. The molecule has 4 heterocycles. The third-order valence-corrected chi connectivity index (χ3v) is 19.6. The van der Waals surface area contributed by atoms with Gasteiger partial charge in [-0.25, -0.2) is 19.7 Å². The maximum atomic E-state index is 13.2. The minimum atomic E-state index is -2.42. The lowest BCUT2D eigenvalue weighted by molar-refractivity contribution is -0.131. The van der Waals surface area contributed by atoms with Crippen LogP contribution in [0.1, 0.15) is 70.1 Å². The van der Waals surface area contributed by atoms with Crippen LogP contribution in [0.5, 0.6) is 0 Å². The number of carbonyl (C=O) groups excluding carboxylic acids is 1. The number of nitrogens with zero attached hydrogens (tertiary/aromatic N) is 5. The van der Waals surface area contributed by atoms with Gasteiger partial charge in [-0.3, -0.25) is 19.1 Å². The van der Waals surface area contributed by atoms with E-state index in [4.69, 9.17) is 13.6 Å². The van der Waals surface area contributed by atoms with Gasteiger partial charge in [0, 0.05) is 23.7 Å². The van der Waals surface area contributed by atoms with Crippen LogP contribution in [0.2, 0.25) is 36.3 Å². The van der Waals surface area contributed by atoms with E-state index < -0.39 is 45.8 Å². The van der Waals surface area contributed by atoms with Crippen LogP contribution in [-0.4, -0.2) is 69.9 Å². The maximum absolute atomic E-state index is 13.2. The van der Waals surface area contributed by atoms with Crippen molar-refractivity contribution in [1.82, 2.24) is 29.1 Å². The SMILES string of the molecule is Cc1cn([C@H]2C[C@H](O[Si](C)(C)C(C)(C)C)[C@](CO[Si](C)(C)C(C)(C)C)(Cn3cnc4c(NC(=O)c5ccccc5)ncnc43)O2)c(=O)[nH]c1=O. The molecule has 0 aliphatic carbocycles. The fourth-order valence-corrected chi connectivity index (χ4v) is 7.84. The van der Waals surface area contributed by atoms with E-state index in [0.717, 1.165) is 0 Å². The number of aromatic nitrogens is 6. The van der Waals surface area contributed by atoms with Crippen molar-refractivity contribution in [3.8, 4) is 0 Å². The summed E-state index contributed by atoms with van der Waals surface area (Å²) in [6, 6.07) is 8.89. The lowest BCUT2D eigenvalue weighted by Gasteiger charge is -2.45. The monoisotopic (exact) mass is 721 g/mol. The summed E-state index contributed by atoms with van der Waals surface area (Å²) in [4.78, 5) is 54.6. The molecular formula is C35H51N7O6Si2. The molecule has 3 aromatic heterocycles. The highest BCUT2D eigenvalue weighted by atomic mass is 28.4. The van der Waals surface area contributed by atoms with Crippen molar-refractivity contribution in [2.45, 2.75) is 116 Å². The third kappa shape index (κ3) is 7.47. The average Bonchev–Trinajstić information content (AvgIpc) is 3.59. The van der Waals surface area contributed by atoms with E-state index in [1.54, 1.807) is 43.7 Å². The summed E-state index contributed by atoms with van der Waals surface area (Å²) in [6.45, 7) is 23.9. The van der Waals surface area contributed by atoms with Gasteiger partial charge in [-0.1, -0.05) is 59.7 Å². The first-order valence-corrected chi connectivity index (χ1v) is 22.8. The zero-order chi connectivity index (χ0) is 36.9. The molecule has 1 aliphatic heterocycles. The van der Waals surface area contributed by atoms with E-state index in [0.29, 0.717) is 28.7 Å². The molecule has 4 aromatic rings. The van der Waals surface area contributed by atoms with Gasteiger partial charge in [-0.05, 0) is 55.3 Å². The van der Waals surface area contributed by atoms with Gasteiger partial charge in [0.1, 0.15) is 18.2 Å². The molecule has 0 radical (unpaired) electrons. The van der Waals surface area contributed by atoms with E-state index in [-0.39, 0.29) is 35.0 Å². The molecule has 1 aromatic carbocycles. The fraction of sp³-hybridized carbons (Fsp3) is 0.543. The van der Waals surface area contributed by atoms with Gasteiger partial charge in [0.2, 0.25) is 0 Å². The van der Waals surface area contributed by atoms with E-state index in [1.807, 2.05) is 10.6 Å². The van der Waals surface area contributed by atoms with Crippen LogP contribution in [-0.2, 0) is 20.1 Å². The summed E-state index contributed by atoms with van der Waals surface area (Å²) < 4.78 is 24.5. The Bertz CT molecular complexity index is 1980. The Morgan fingerprint density at radius 3 is 2.32 bits per heavy atom. The number of H-pyrrole nitrogens is 1. The standard InChI is InChI=1S/C35H51N7O6Si2/c1-23-18-42(32(45)40-30(23)43)26-17-25(48-50(10,11)34(5,6)7)35(47-26,20-46-49(8,9)33(2,3)4)19-41-22-38-27-28(36-21-37-29(27)41)39-31(44)24-15-13-12-14-16-24/h12-16,18,21-22,25-26H,17,19-20H2,1-11H3,(H,40,43,45)(H,36,37,39,44)/t25-,26+,35+/m0/s1. The van der Waals surface area contributed by atoms with Crippen LogP contribution in [0.25, 0.3) is 11.2 Å². The van der Waals surface area contributed by atoms with Crippen LogP contribution >= 0.6 is 0 Å². The molecule has 1 saturated heterocycles. The molecule has 13 nitrogen and oxygen atoms in total. The number of carbonyl (C=O) groups is 1. The van der Waals surface area contributed by atoms with Crippen molar-refractivity contribution in [2.24, 2.45) is 0 Å². The number of aromatic amines is 1. The predicted molar refractivity (Wildman–Crippen MR) is 198 cm³/mol. The number of ether oxygens (including phenoxy) is 1. The van der Waals surface area contributed by atoms with Gasteiger partial charge in [0.05, 0.1) is 25.6 Å². The van der Waals surface area contributed by atoms with Crippen LogP contribution in [0.4, 0.5) is 5.82 Å². The summed E-state index contributed by atoms with van der Waals surface area (Å²) in [6.07, 6.45) is 3.68. The zero-order valence-electron chi connectivity index (χ0n) is 31.1. The molecule has 5 rings (SSSR count). The first-order chi connectivity index (χ1) is 23.1. The van der Waals surface area contributed by atoms with E-state index in [9.17, 15) is 14.4 Å². The number of nitrogens with one attached hydrogen (secondary N) is 2. The first kappa shape index (κ1) is 37.5. The molecule has 0 saturated carbocycles. The quantitative estimate of drug-likeness (QED) is 0.188. The Labute approximate surface area is 295 Å². The van der Waals surface area contributed by atoms with Gasteiger partial charge in [-0.2, -0.15) is 0 Å². The van der Waals surface area contributed by atoms with Gasteiger partial charge in [0.15, 0.2) is 33.6 Å². The third-order valence-electron chi connectivity index (χ3n) is 10.7. The Kier molecular flexibility index (Phi) is 10.1. The molecule has 270 valence electrons. The van der Waals surface area contributed by atoms with Crippen LogP contribution in [0, 0.1) is 6.92 Å². The smallest absolute Gasteiger partial charge is 0.330 e. The molecule has 0 spiro atoms. The van der Waals surface area contributed by atoms with Gasteiger partial charge in [-0.15, -0.1) is 0 Å². The Morgan fingerprint density at radius 1 is 1.02 bits per heavy atom. The topological polar surface area (TPSA) is 155 Å². The van der Waals surface area contributed by atoms with Gasteiger partial charge >= 0.3 is 5.69 Å². The lowest BCUT2D eigenvalue weighted by atomic mass is 9.97. The second-order valence-electron chi connectivity index (χ2n) is 16.4. The normalized spacial score (nSPS) is 20.4. The number of fused-ring (bicyclic) bond motifs is 1. The Hall–Kier alpha value is -3.77. The molecule has 0 bridgehead atoms. The Balaban J connectivity index is 1.62. The summed E-state index contributed by atoms with van der Waals surface area (Å²) in [7, 11) is -4.74. The van der Waals surface area contributed by atoms with Crippen molar-refractivity contribution in [3.63, 3.8) is 0 Å². The van der Waals surface area contributed by atoms with Gasteiger partial charge < -0.3 is 23.5 Å². The molecule has 0 unspecified atom stereocenters. The summed E-state index contributed by atoms with van der Waals surface area (Å²) in [5, 5.41) is 2.67. The molecule has 15 heteroatoms. The molecule has 50 heavy (non-hydrogen) atoms. The summed E-state index contributed by atoms with van der Waals surface area (Å²) >= 11 is 0. The average molecular weight is 722 g/mol. The predicted octanol–water partition coefficient (Wildman–Crippen LogP) is 6.01. The molecule has 1 aliphatic rings. The number of benzene rings is 1. The second-order valence-corrected chi connectivity index (χ2v) is 25.9. The van der Waals surface area contributed by atoms with E-state index in [1.165, 1.54) is 10.9 Å². The largest absolute Gasteiger partial charge is 0.414 e. The first-order valence-electron chi connectivity index (χ1n) is 17.0. The fourth-order valence-electron chi connectivity index (χ4n) is 5.43. The van der Waals surface area contributed by atoms with Crippen LogP contribution in [0.15, 0.2) is 58.8 Å². The van der Waals surface area contributed by atoms with Crippen molar-refractivity contribution in [2.75, 3.05) is 11.9 Å². The van der Waals surface area contributed by atoms with Crippen molar-refractivity contribution in [3.05, 3.63) is 81.1 Å². The number of anilines is 1. The lowest BCUT2D eigenvalue weighted by Crippen LogP contribution is -2.56. The molecule has 1 fully saturated rings. The van der Waals surface area contributed by atoms with Gasteiger partial charge in [0.25, 0.3) is 11.5 Å². The number of rotatable bonds is 10. The highest BCUT2D eigenvalue weighted by Crippen LogP contribution is 2.47.